The molecule has 2 N–H and O–H groups in total. The number of benzene rings is 2. The van der Waals surface area contributed by atoms with Crippen LogP contribution in [-0.2, 0) is 18.9 Å². The standard InChI is InChI=1S/C24H25ClN4O4S/c1-13-7-9-17(10-15(13)3)26-21(20-22(31)28(4)24(33)29(5)23(20)32)34-12-19(30)27-18-11-16(25)8-6-14(18)2/h6-11,31H,12H2,1-5H3,(H,27,30). The average molecular weight is 501 g/mol. The third-order valence-corrected chi connectivity index (χ3v) is 6.59. The number of anilines is 1. The fraction of sp³-hybridized carbons (Fsp3) is 0.250. The third kappa shape index (κ3) is 5.43. The molecule has 10 heteroatoms. The van der Waals surface area contributed by atoms with Gasteiger partial charge < -0.3 is 10.4 Å². The van der Waals surface area contributed by atoms with E-state index >= 15 is 0 Å². The lowest BCUT2D eigenvalue weighted by Crippen LogP contribution is -2.39. The molecule has 3 rings (SSSR count). The second-order valence-electron chi connectivity index (χ2n) is 7.89. The van der Waals surface area contributed by atoms with Crippen LogP contribution in [0, 0.1) is 20.8 Å². The first kappa shape index (κ1) is 25.3. The Labute approximate surface area is 205 Å². The lowest BCUT2D eigenvalue weighted by atomic mass is 10.1. The molecule has 0 aliphatic rings. The molecule has 0 bridgehead atoms. The first-order chi connectivity index (χ1) is 16.0. The van der Waals surface area contributed by atoms with E-state index in [-0.39, 0.29) is 22.3 Å². The van der Waals surface area contributed by atoms with Crippen molar-refractivity contribution >= 4 is 45.7 Å². The molecule has 1 amide bonds. The number of carbonyl (C=O) groups excluding carboxylic acids is 1. The SMILES string of the molecule is Cc1ccc(N=C(SCC(=O)Nc2cc(Cl)ccc2C)c2c(O)n(C)c(=O)n(C)c2=O)cc1C. The van der Waals surface area contributed by atoms with Gasteiger partial charge in [0.25, 0.3) is 5.56 Å². The minimum Gasteiger partial charge on any atom is -0.494 e. The highest BCUT2D eigenvalue weighted by Gasteiger charge is 2.22. The van der Waals surface area contributed by atoms with Crippen LogP contribution in [0.2, 0.25) is 5.02 Å². The normalized spacial score (nSPS) is 11.5. The van der Waals surface area contributed by atoms with Crippen LogP contribution in [0.15, 0.2) is 51.0 Å². The van der Waals surface area contributed by atoms with Crippen molar-refractivity contribution in [2.75, 3.05) is 11.1 Å². The van der Waals surface area contributed by atoms with Gasteiger partial charge in [-0.1, -0.05) is 35.5 Å². The summed E-state index contributed by atoms with van der Waals surface area (Å²) in [7, 11) is 2.67. The van der Waals surface area contributed by atoms with Gasteiger partial charge in [-0.25, -0.2) is 9.79 Å². The van der Waals surface area contributed by atoms with Gasteiger partial charge in [0.2, 0.25) is 11.8 Å². The van der Waals surface area contributed by atoms with Crippen LogP contribution in [0.1, 0.15) is 22.3 Å². The first-order valence-electron chi connectivity index (χ1n) is 10.3. The zero-order chi connectivity index (χ0) is 25.2. The van der Waals surface area contributed by atoms with Gasteiger partial charge in [0, 0.05) is 24.8 Å². The van der Waals surface area contributed by atoms with E-state index in [1.807, 2.05) is 32.9 Å². The summed E-state index contributed by atoms with van der Waals surface area (Å²) in [6.45, 7) is 5.75. The number of carbonyl (C=O) groups is 1. The van der Waals surface area contributed by atoms with Crippen LogP contribution < -0.4 is 16.6 Å². The Morgan fingerprint density at radius 3 is 2.38 bits per heavy atom. The number of hydrogen-bond acceptors (Lipinski definition) is 6. The molecule has 0 fully saturated rings. The van der Waals surface area contributed by atoms with Gasteiger partial charge in [-0.15, -0.1) is 0 Å². The Morgan fingerprint density at radius 1 is 1.03 bits per heavy atom. The number of aromatic hydroxyl groups is 1. The second-order valence-corrected chi connectivity index (χ2v) is 9.29. The smallest absolute Gasteiger partial charge is 0.333 e. The Bertz CT molecular complexity index is 1430. The highest BCUT2D eigenvalue weighted by Crippen LogP contribution is 2.25. The maximum Gasteiger partial charge on any atom is 0.333 e. The summed E-state index contributed by atoms with van der Waals surface area (Å²) in [5.74, 6) is -0.959. The molecule has 0 unspecified atom stereocenters. The first-order valence-corrected chi connectivity index (χ1v) is 11.7. The predicted molar refractivity (Wildman–Crippen MR) is 138 cm³/mol. The lowest BCUT2D eigenvalue weighted by Gasteiger charge is -2.13. The van der Waals surface area contributed by atoms with Gasteiger partial charge in [-0.3, -0.25) is 18.7 Å². The summed E-state index contributed by atoms with van der Waals surface area (Å²) in [6, 6.07) is 10.7. The number of nitrogens with zero attached hydrogens (tertiary/aromatic N) is 3. The van der Waals surface area contributed by atoms with Crippen molar-refractivity contribution in [1.29, 1.82) is 0 Å². The van der Waals surface area contributed by atoms with Crippen LogP contribution in [0.4, 0.5) is 11.4 Å². The molecule has 8 nitrogen and oxygen atoms in total. The summed E-state index contributed by atoms with van der Waals surface area (Å²) in [5, 5.41) is 14.0. The van der Waals surface area contributed by atoms with Gasteiger partial charge in [-0.05, 0) is 61.7 Å². The number of aliphatic imine (C=N–C) groups is 1. The molecule has 1 aromatic heterocycles. The Morgan fingerprint density at radius 2 is 1.71 bits per heavy atom. The second kappa shape index (κ2) is 10.3. The maximum absolute atomic E-state index is 12.9. The molecular formula is C24H25ClN4O4S. The van der Waals surface area contributed by atoms with Crippen molar-refractivity contribution in [3.8, 4) is 5.88 Å². The van der Waals surface area contributed by atoms with Crippen molar-refractivity contribution in [3.05, 3.63) is 84.5 Å². The zero-order valence-electron chi connectivity index (χ0n) is 19.5. The van der Waals surface area contributed by atoms with E-state index in [0.717, 1.165) is 37.6 Å². The zero-order valence-corrected chi connectivity index (χ0v) is 21.0. The van der Waals surface area contributed by atoms with E-state index in [0.29, 0.717) is 16.4 Å². The number of thioether (sulfide) groups is 1. The van der Waals surface area contributed by atoms with Crippen molar-refractivity contribution in [1.82, 2.24) is 9.13 Å². The Balaban J connectivity index is 2.01. The van der Waals surface area contributed by atoms with Crippen LogP contribution in [0.25, 0.3) is 0 Å². The molecule has 1 heterocycles. The molecule has 34 heavy (non-hydrogen) atoms. The third-order valence-electron chi connectivity index (χ3n) is 5.38. The minimum atomic E-state index is -0.707. The molecule has 0 aliphatic carbocycles. The number of nitrogens with one attached hydrogen (secondary N) is 1. The van der Waals surface area contributed by atoms with Crippen molar-refractivity contribution in [3.63, 3.8) is 0 Å². The summed E-state index contributed by atoms with van der Waals surface area (Å²) < 4.78 is 1.85. The number of rotatable bonds is 5. The summed E-state index contributed by atoms with van der Waals surface area (Å²) >= 11 is 7.02. The molecule has 0 saturated heterocycles. The number of aromatic nitrogens is 2. The summed E-state index contributed by atoms with van der Waals surface area (Å²) in [6.07, 6.45) is 0. The van der Waals surface area contributed by atoms with Gasteiger partial charge in [0.1, 0.15) is 10.6 Å². The van der Waals surface area contributed by atoms with E-state index in [4.69, 9.17) is 11.6 Å². The monoisotopic (exact) mass is 500 g/mol. The topological polar surface area (TPSA) is 106 Å². The van der Waals surface area contributed by atoms with Crippen molar-refractivity contribution in [2.24, 2.45) is 19.1 Å². The number of amides is 1. The highest BCUT2D eigenvalue weighted by atomic mass is 35.5. The van der Waals surface area contributed by atoms with Crippen molar-refractivity contribution in [2.45, 2.75) is 20.8 Å². The Hall–Kier alpha value is -3.30. The van der Waals surface area contributed by atoms with Crippen LogP contribution in [-0.4, -0.2) is 30.9 Å². The van der Waals surface area contributed by atoms with E-state index in [1.165, 1.54) is 14.1 Å². The van der Waals surface area contributed by atoms with Gasteiger partial charge in [0.15, 0.2) is 0 Å². The van der Waals surface area contributed by atoms with Gasteiger partial charge >= 0.3 is 5.69 Å². The van der Waals surface area contributed by atoms with E-state index in [9.17, 15) is 19.5 Å². The van der Waals surface area contributed by atoms with Crippen LogP contribution in [0.5, 0.6) is 5.88 Å². The molecule has 0 atom stereocenters. The maximum atomic E-state index is 12.9. The summed E-state index contributed by atoms with van der Waals surface area (Å²) in [5.41, 5.74) is 2.51. The minimum absolute atomic E-state index is 0.0962. The molecule has 0 saturated carbocycles. The molecule has 0 spiro atoms. The van der Waals surface area contributed by atoms with E-state index < -0.39 is 17.1 Å². The summed E-state index contributed by atoms with van der Waals surface area (Å²) in [4.78, 5) is 42.4. The largest absolute Gasteiger partial charge is 0.494 e. The van der Waals surface area contributed by atoms with Gasteiger partial charge in [-0.2, -0.15) is 0 Å². The van der Waals surface area contributed by atoms with Gasteiger partial charge in [0.05, 0.1) is 11.4 Å². The molecule has 178 valence electrons. The van der Waals surface area contributed by atoms with Crippen molar-refractivity contribution < 1.29 is 9.90 Å². The molecule has 3 aromatic rings. The molecule has 0 aliphatic heterocycles. The van der Waals surface area contributed by atoms with Crippen LogP contribution in [0.3, 0.4) is 0 Å². The fourth-order valence-electron chi connectivity index (χ4n) is 3.14. The molecular weight excluding hydrogens is 476 g/mol. The number of aryl methyl sites for hydroxylation is 3. The quantitative estimate of drug-likeness (QED) is 0.409. The Kier molecular flexibility index (Phi) is 7.68. The molecule has 0 radical (unpaired) electrons. The van der Waals surface area contributed by atoms with E-state index in [1.54, 1.807) is 24.3 Å². The fourth-order valence-corrected chi connectivity index (χ4v) is 4.15. The highest BCUT2D eigenvalue weighted by molar-refractivity contribution is 8.15. The number of halogens is 1. The van der Waals surface area contributed by atoms with Crippen LogP contribution >= 0.6 is 23.4 Å². The lowest BCUT2D eigenvalue weighted by molar-refractivity contribution is -0.113. The molecule has 2 aromatic carbocycles. The average Bonchev–Trinajstić information content (AvgIpc) is 2.79. The number of hydrogen-bond donors (Lipinski definition) is 2. The predicted octanol–water partition coefficient (Wildman–Crippen LogP) is 3.82. The van der Waals surface area contributed by atoms with E-state index in [2.05, 4.69) is 10.3 Å².